The van der Waals surface area contributed by atoms with Crippen LogP contribution in [-0.2, 0) is 6.42 Å². The molecule has 0 saturated carbocycles. The Kier molecular flexibility index (Phi) is 5.87. The van der Waals surface area contributed by atoms with E-state index in [2.05, 4.69) is 36.1 Å². The molecule has 0 radical (unpaired) electrons. The number of aliphatic hydroxyl groups is 1. The lowest BCUT2D eigenvalue weighted by Crippen LogP contribution is -2.49. The minimum absolute atomic E-state index is 0.108. The first-order valence-corrected chi connectivity index (χ1v) is 11.2. The normalized spacial score (nSPS) is 15.1. The summed E-state index contributed by atoms with van der Waals surface area (Å²) in [6.07, 6.45) is 3.55. The molecule has 0 spiro atoms. The molecule has 1 aliphatic rings. The van der Waals surface area contributed by atoms with Crippen molar-refractivity contribution in [2.24, 2.45) is 0 Å². The van der Waals surface area contributed by atoms with Crippen LogP contribution in [0.1, 0.15) is 41.4 Å². The number of amides is 1. The third kappa shape index (κ3) is 4.82. The highest BCUT2D eigenvalue weighted by molar-refractivity contribution is 5.98. The quantitative estimate of drug-likeness (QED) is 0.319. The van der Waals surface area contributed by atoms with Gasteiger partial charge in [0.25, 0.3) is 11.8 Å². The van der Waals surface area contributed by atoms with Gasteiger partial charge in [-0.3, -0.25) is 4.79 Å². The number of nitrogens with zero attached hydrogens (tertiary/aromatic N) is 4. The summed E-state index contributed by atoms with van der Waals surface area (Å²) in [6, 6.07) is 14.8. The third-order valence-corrected chi connectivity index (χ3v) is 5.77. The Balaban J connectivity index is 1.46. The van der Waals surface area contributed by atoms with Crippen LogP contribution in [-0.4, -0.2) is 43.3 Å². The summed E-state index contributed by atoms with van der Waals surface area (Å²) in [7, 11) is 0. The molecule has 3 heterocycles. The predicted octanol–water partition coefficient (Wildman–Crippen LogP) is 3.48. The Morgan fingerprint density at radius 3 is 2.74 bits per heavy atom. The molecule has 0 fully saturated rings. The van der Waals surface area contributed by atoms with Crippen molar-refractivity contribution in [3.8, 4) is 11.5 Å². The fraction of sp³-hybridized carbons (Fsp3) is 0.240. The molecule has 5 rings (SSSR count). The molecule has 178 valence electrons. The van der Waals surface area contributed by atoms with Crippen LogP contribution in [0.5, 0.6) is 0 Å². The molecule has 1 atom stereocenters. The van der Waals surface area contributed by atoms with E-state index in [0.717, 1.165) is 17.5 Å². The number of rotatable bonds is 7. The van der Waals surface area contributed by atoms with Crippen LogP contribution >= 0.6 is 0 Å². The first kappa shape index (κ1) is 22.5. The maximum atomic E-state index is 12.6. The molecule has 4 N–H and O–H groups in total. The number of benzene rings is 2. The van der Waals surface area contributed by atoms with Gasteiger partial charge < -0.3 is 25.5 Å². The lowest BCUT2D eigenvalue weighted by atomic mass is 9.87. The Morgan fingerprint density at radius 1 is 1.17 bits per heavy atom. The van der Waals surface area contributed by atoms with Crippen LogP contribution in [0.4, 0.5) is 17.5 Å². The van der Waals surface area contributed by atoms with E-state index in [4.69, 9.17) is 4.42 Å². The van der Waals surface area contributed by atoms with E-state index in [0.29, 0.717) is 28.6 Å². The largest absolute Gasteiger partial charge is 0.423 e. The van der Waals surface area contributed by atoms with Gasteiger partial charge in [-0.15, -0.1) is 10.2 Å². The van der Waals surface area contributed by atoms with Gasteiger partial charge in [0.05, 0.1) is 18.2 Å². The zero-order valence-corrected chi connectivity index (χ0v) is 19.3. The minimum atomic E-state index is -0.420. The molecule has 2 aromatic carbocycles. The molecule has 10 heteroatoms. The van der Waals surface area contributed by atoms with E-state index < -0.39 is 6.04 Å². The van der Waals surface area contributed by atoms with Gasteiger partial charge in [0, 0.05) is 23.0 Å². The van der Waals surface area contributed by atoms with Crippen molar-refractivity contribution >= 4 is 23.4 Å². The summed E-state index contributed by atoms with van der Waals surface area (Å²) in [5.41, 5.74) is 3.40. The van der Waals surface area contributed by atoms with Gasteiger partial charge in [-0.25, -0.2) is 4.98 Å². The highest BCUT2D eigenvalue weighted by atomic mass is 16.4. The molecule has 0 saturated heterocycles. The predicted molar refractivity (Wildman–Crippen MR) is 130 cm³/mol. The van der Waals surface area contributed by atoms with Gasteiger partial charge in [-0.1, -0.05) is 36.4 Å². The van der Waals surface area contributed by atoms with E-state index in [1.807, 2.05) is 56.3 Å². The number of carbonyl (C=O) groups excluding carboxylic acids is 1. The lowest BCUT2D eigenvalue weighted by Gasteiger charge is -2.32. The highest BCUT2D eigenvalue weighted by Gasteiger charge is 2.30. The van der Waals surface area contributed by atoms with Gasteiger partial charge >= 0.3 is 0 Å². The summed E-state index contributed by atoms with van der Waals surface area (Å²) in [6.45, 7) is 3.85. The topological polar surface area (TPSA) is 138 Å². The van der Waals surface area contributed by atoms with E-state index in [9.17, 15) is 9.90 Å². The second-order valence-corrected chi connectivity index (χ2v) is 9.00. The number of hydrogen-bond donors (Lipinski definition) is 4. The SMILES string of the molecule is CC1(C)Cc2ccc(Nc3ncc(-c4nnco4)c(N[C@H](CO)c4ccccc4)n3)cc2C(=O)N1. The summed E-state index contributed by atoms with van der Waals surface area (Å²) in [5.74, 6) is 0.851. The van der Waals surface area contributed by atoms with Gasteiger partial charge in [-0.05, 0) is 43.5 Å². The van der Waals surface area contributed by atoms with Crippen LogP contribution < -0.4 is 16.0 Å². The van der Waals surface area contributed by atoms with Gasteiger partial charge in [0.1, 0.15) is 5.82 Å². The Morgan fingerprint density at radius 2 is 2.00 bits per heavy atom. The van der Waals surface area contributed by atoms with Crippen molar-refractivity contribution < 1.29 is 14.3 Å². The maximum absolute atomic E-state index is 12.6. The molecule has 4 aromatic rings. The number of aromatic nitrogens is 4. The summed E-state index contributed by atoms with van der Waals surface area (Å²) in [5, 5.41) is 27.2. The molecule has 0 unspecified atom stereocenters. The van der Waals surface area contributed by atoms with Gasteiger partial charge in [0.15, 0.2) is 0 Å². The van der Waals surface area contributed by atoms with E-state index in [-0.39, 0.29) is 23.9 Å². The number of aliphatic hydroxyl groups excluding tert-OH is 1. The molecule has 1 amide bonds. The van der Waals surface area contributed by atoms with E-state index >= 15 is 0 Å². The number of nitrogens with one attached hydrogen (secondary N) is 3. The van der Waals surface area contributed by atoms with Crippen molar-refractivity contribution in [2.45, 2.75) is 31.8 Å². The summed E-state index contributed by atoms with van der Waals surface area (Å²) in [4.78, 5) is 21.6. The molecule has 0 bridgehead atoms. The number of anilines is 3. The van der Waals surface area contributed by atoms with Crippen molar-refractivity contribution in [1.29, 1.82) is 0 Å². The van der Waals surface area contributed by atoms with Crippen molar-refractivity contribution in [1.82, 2.24) is 25.5 Å². The fourth-order valence-corrected chi connectivity index (χ4v) is 4.13. The lowest BCUT2D eigenvalue weighted by molar-refractivity contribution is 0.0897. The molecule has 1 aliphatic heterocycles. The van der Waals surface area contributed by atoms with E-state index in [1.165, 1.54) is 6.39 Å². The van der Waals surface area contributed by atoms with Crippen LogP contribution in [0.2, 0.25) is 0 Å². The minimum Gasteiger partial charge on any atom is -0.423 e. The van der Waals surface area contributed by atoms with Gasteiger partial charge in [-0.2, -0.15) is 4.98 Å². The van der Waals surface area contributed by atoms with Crippen molar-refractivity contribution in [2.75, 3.05) is 17.2 Å². The van der Waals surface area contributed by atoms with Crippen LogP contribution in [0.3, 0.4) is 0 Å². The van der Waals surface area contributed by atoms with Crippen LogP contribution in [0.15, 0.2) is 65.5 Å². The first-order chi connectivity index (χ1) is 16.9. The maximum Gasteiger partial charge on any atom is 0.252 e. The molecule has 10 nitrogen and oxygen atoms in total. The van der Waals surface area contributed by atoms with Crippen LogP contribution in [0.25, 0.3) is 11.5 Å². The second-order valence-electron chi connectivity index (χ2n) is 9.00. The molecule has 2 aromatic heterocycles. The standard InChI is InChI=1S/C25H25N7O3/c1-25(2)11-16-8-9-17(10-18(16)22(34)31-25)28-24-26-12-19(23-32-27-14-35-23)21(30-24)29-20(13-33)15-6-4-3-5-7-15/h3-10,12,14,20,33H,11,13H2,1-2H3,(H,31,34)(H2,26,28,29,30)/t20-/m1/s1. The molecular formula is C25H25N7O3. The van der Waals surface area contributed by atoms with Crippen molar-refractivity contribution in [3.05, 3.63) is 77.8 Å². The fourth-order valence-electron chi connectivity index (χ4n) is 4.13. The number of fused-ring (bicyclic) bond motifs is 1. The zero-order valence-electron chi connectivity index (χ0n) is 19.3. The average molecular weight is 472 g/mol. The third-order valence-electron chi connectivity index (χ3n) is 5.77. The Hall–Kier alpha value is -4.31. The van der Waals surface area contributed by atoms with Crippen molar-refractivity contribution in [3.63, 3.8) is 0 Å². The zero-order chi connectivity index (χ0) is 24.4. The number of hydrogen-bond acceptors (Lipinski definition) is 9. The first-order valence-electron chi connectivity index (χ1n) is 11.2. The van der Waals surface area contributed by atoms with Gasteiger partial charge in [0.2, 0.25) is 12.3 Å². The summed E-state index contributed by atoms with van der Waals surface area (Å²) >= 11 is 0. The molecule has 35 heavy (non-hydrogen) atoms. The smallest absolute Gasteiger partial charge is 0.252 e. The van der Waals surface area contributed by atoms with E-state index in [1.54, 1.807) is 12.3 Å². The Bertz CT molecular complexity index is 1340. The van der Waals surface area contributed by atoms with Crippen LogP contribution in [0, 0.1) is 0 Å². The summed E-state index contributed by atoms with van der Waals surface area (Å²) < 4.78 is 5.36. The number of carbonyl (C=O) groups is 1. The average Bonchev–Trinajstić information content (AvgIpc) is 3.38. The Labute approximate surface area is 201 Å². The monoisotopic (exact) mass is 471 g/mol. The molecular weight excluding hydrogens is 446 g/mol. The highest BCUT2D eigenvalue weighted by Crippen LogP contribution is 2.30. The second kappa shape index (κ2) is 9.15. The molecule has 0 aliphatic carbocycles.